The van der Waals surface area contributed by atoms with E-state index in [2.05, 4.69) is 0 Å². The summed E-state index contributed by atoms with van der Waals surface area (Å²) in [5, 5.41) is -0.592. The SMILES string of the molecule is NC1CCCC(OC2CCC(S(=O)(=O)O)CC2)C1. The quantitative estimate of drug-likeness (QED) is 0.762. The monoisotopic (exact) mass is 277 g/mol. The maximum atomic E-state index is 11.0. The summed E-state index contributed by atoms with van der Waals surface area (Å²) in [6.45, 7) is 0. The van der Waals surface area contributed by atoms with Crippen molar-refractivity contribution in [1.82, 2.24) is 0 Å². The average Bonchev–Trinajstić information content (AvgIpc) is 2.28. The van der Waals surface area contributed by atoms with Crippen LogP contribution in [0.25, 0.3) is 0 Å². The van der Waals surface area contributed by atoms with Gasteiger partial charge in [-0.1, -0.05) is 0 Å². The molecule has 0 bridgehead atoms. The van der Waals surface area contributed by atoms with E-state index < -0.39 is 15.4 Å². The van der Waals surface area contributed by atoms with Gasteiger partial charge in [-0.15, -0.1) is 0 Å². The lowest BCUT2D eigenvalue weighted by molar-refractivity contribution is -0.0476. The van der Waals surface area contributed by atoms with Gasteiger partial charge in [0, 0.05) is 6.04 Å². The molecule has 2 rings (SSSR count). The van der Waals surface area contributed by atoms with E-state index in [1.165, 1.54) is 0 Å². The van der Waals surface area contributed by atoms with E-state index in [4.69, 9.17) is 15.0 Å². The third kappa shape index (κ3) is 3.91. The van der Waals surface area contributed by atoms with Crippen LogP contribution in [-0.4, -0.2) is 36.5 Å². The van der Waals surface area contributed by atoms with Crippen LogP contribution in [-0.2, 0) is 14.9 Å². The molecule has 0 aromatic rings. The molecule has 2 atom stereocenters. The highest BCUT2D eigenvalue weighted by Gasteiger charge is 2.31. The first-order valence-corrected chi connectivity index (χ1v) is 8.33. The third-order valence-corrected chi connectivity index (χ3v) is 5.41. The van der Waals surface area contributed by atoms with Crippen LogP contribution in [0.5, 0.6) is 0 Å². The Morgan fingerprint density at radius 3 is 2.22 bits per heavy atom. The van der Waals surface area contributed by atoms with E-state index in [-0.39, 0.29) is 18.2 Å². The smallest absolute Gasteiger partial charge is 0.267 e. The van der Waals surface area contributed by atoms with Crippen LogP contribution in [0.2, 0.25) is 0 Å². The summed E-state index contributed by atoms with van der Waals surface area (Å²) in [7, 11) is -3.87. The van der Waals surface area contributed by atoms with E-state index >= 15 is 0 Å². The maximum absolute atomic E-state index is 11.0. The molecule has 0 saturated heterocycles. The molecule has 0 aliphatic heterocycles. The molecule has 0 aromatic heterocycles. The van der Waals surface area contributed by atoms with E-state index in [1.54, 1.807) is 0 Å². The number of ether oxygens (including phenoxy) is 1. The highest BCUT2D eigenvalue weighted by Crippen LogP contribution is 2.29. The molecular formula is C12H23NO4S. The van der Waals surface area contributed by atoms with Gasteiger partial charge in [0.2, 0.25) is 0 Å². The van der Waals surface area contributed by atoms with Gasteiger partial charge in [-0.25, -0.2) is 0 Å². The molecule has 18 heavy (non-hydrogen) atoms. The van der Waals surface area contributed by atoms with Crippen LogP contribution in [0.15, 0.2) is 0 Å². The summed E-state index contributed by atoms with van der Waals surface area (Å²) in [4.78, 5) is 0. The van der Waals surface area contributed by atoms with Gasteiger partial charge in [0.1, 0.15) is 0 Å². The number of rotatable bonds is 3. The average molecular weight is 277 g/mol. The van der Waals surface area contributed by atoms with Crippen molar-refractivity contribution < 1.29 is 17.7 Å². The lowest BCUT2D eigenvalue weighted by Crippen LogP contribution is -2.37. The molecule has 0 spiro atoms. The van der Waals surface area contributed by atoms with Crippen molar-refractivity contribution in [3.05, 3.63) is 0 Å². The van der Waals surface area contributed by atoms with Crippen LogP contribution in [0.4, 0.5) is 0 Å². The Hall–Kier alpha value is -0.170. The summed E-state index contributed by atoms with van der Waals surface area (Å²) in [5.74, 6) is 0. The predicted molar refractivity (Wildman–Crippen MR) is 68.9 cm³/mol. The first kappa shape index (κ1) is 14.2. The van der Waals surface area contributed by atoms with Crippen LogP contribution in [0, 0.1) is 0 Å². The Balaban J connectivity index is 1.76. The summed E-state index contributed by atoms with van der Waals surface area (Å²) >= 11 is 0. The fourth-order valence-electron chi connectivity index (χ4n) is 3.04. The van der Waals surface area contributed by atoms with E-state index in [9.17, 15) is 8.42 Å². The number of nitrogens with two attached hydrogens (primary N) is 1. The van der Waals surface area contributed by atoms with Crippen molar-refractivity contribution in [2.45, 2.75) is 74.9 Å². The molecule has 3 N–H and O–H groups in total. The minimum absolute atomic E-state index is 0.137. The Labute approximate surface area is 109 Å². The Kier molecular flexibility index (Phi) is 4.64. The maximum Gasteiger partial charge on any atom is 0.267 e. The largest absolute Gasteiger partial charge is 0.375 e. The Bertz CT molecular complexity index is 362. The first-order valence-electron chi connectivity index (χ1n) is 6.82. The minimum atomic E-state index is -3.87. The fourth-order valence-corrected chi connectivity index (χ4v) is 3.91. The van der Waals surface area contributed by atoms with Crippen LogP contribution in [0.1, 0.15) is 51.4 Å². The van der Waals surface area contributed by atoms with Crippen molar-refractivity contribution in [1.29, 1.82) is 0 Å². The van der Waals surface area contributed by atoms with Crippen LogP contribution >= 0.6 is 0 Å². The highest BCUT2D eigenvalue weighted by molar-refractivity contribution is 7.86. The molecule has 0 amide bonds. The molecule has 2 saturated carbocycles. The standard InChI is InChI=1S/C12H23NO4S/c13-9-2-1-3-11(8-9)17-10-4-6-12(7-5-10)18(14,15)16/h9-12H,1-8,13H2,(H,14,15,16). The minimum Gasteiger partial charge on any atom is -0.375 e. The van der Waals surface area contributed by atoms with Crippen molar-refractivity contribution >= 4 is 10.1 Å². The topological polar surface area (TPSA) is 89.6 Å². The molecule has 2 aliphatic carbocycles. The fraction of sp³-hybridized carbons (Fsp3) is 1.00. The van der Waals surface area contributed by atoms with Crippen molar-refractivity contribution in [3.63, 3.8) is 0 Å². The second-order valence-corrected chi connectivity index (χ2v) is 7.30. The number of hydrogen-bond acceptors (Lipinski definition) is 4. The highest BCUT2D eigenvalue weighted by atomic mass is 32.2. The molecule has 2 fully saturated rings. The molecule has 0 heterocycles. The summed E-state index contributed by atoms with van der Waals surface area (Å²) < 4.78 is 37.1. The van der Waals surface area contributed by atoms with E-state index in [1.807, 2.05) is 0 Å². The summed E-state index contributed by atoms with van der Waals surface area (Å²) in [5.41, 5.74) is 5.92. The second kappa shape index (κ2) is 5.86. The van der Waals surface area contributed by atoms with Gasteiger partial charge in [0.15, 0.2) is 0 Å². The molecule has 2 unspecified atom stereocenters. The molecule has 106 valence electrons. The van der Waals surface area contributed by atoms with Crippen molar-refractivity contribution in [2.24, 2.45) is 5.73 Å². The zero-order chi connectivity index (χ0) is 13.2. The molecule has 6 heteroatoms. The molecule has 0 radical (unpaired) electrons. The van der Waals surface area contributed by atoms with Crippen LogP contribution in [0.3, 0.4) is 0 Å². The third-order valence-electron chi connectivity index (χ3n) is 4.09. The van der Waals surface area contributed by atoms with Gasteiger partial charge in [0.05, 0.1) is 17.5 Å². The number of hydrogen-bond donors (Lipinski definition) is 2. The van der Waals surface area contributed by atoms with Crippen molar-refractivity contribution in [2.75, 3.05) is 0 Å². The normalized spacial score (nSPS) is 38.6. The lowest BCUT2D eigenvalue weighted by Gasteiger charge is -2.33. The second-order valence-electron chi connectivity index (χ2n) is 5.60. The van der Waals surface area contributed by atoms with Crippen molar-refractivity contribution in [3.8, 4) is 0 Å². The van der Waals surface area contributed by atoms with Gasteiger partial charge < -0.3 is 10.5 Å². The zero-order valence-corrected chi connectivity index (χ0v) is 11.4. The van der Waals surface area contributed by atoms with Gasteiger partial charge in [-0.2, -0.15) is 8.42 Å². The van der Waals surface area contributed by atoms with Gasteiger partial charge in [-0.05, 0) is 51.4 Å². The van der Waals surface area contributed by atoms with Gasteiger partial charge >= 0.3 is 0 Å². The van der Waals surface area contributed by atoms with E-state index in [0.717, 1.165) is 38.5 Å². The molecule has 0 aromatic carbocycles. The summed E-state index contributed by atoms with van der Waals surface area (Å²) in [6.07, 6.45) is 6.99. The zero-order valence-electron chi connectivity index (χ0n) is 10.6. The molecular weight excluding hydrogens is 254 g/mol. The molecule has 2 aliphatic rings. The van der Waals surface area contributed by atoms with E-state index in [0.29, 0.717) is 12.8 Å². The lowest BCUT2D eigenvalue weighted by atomic mass is 9.92. The Morgan fingerprint density at radius 1 is 1.00 bits per heavy atom. The predicted octanol–water partition coefficient (Wildman–Crippen LogP) is 1.47. The Morgan fingerprint density at radius 2 is 1.67 bits per heavy atom. The summed E-state index contributed by atoms with van der Waals surface area (Å²) in [6, 6.07) is 0.248. The first-order chi connectivity index (χ1) is 8.45. The van der Waals surface area contributed by atoms with Gasteiger partial charge in [-0.3, -0.25) is 4.55 Å². The molecule has 5 nitrogen and oxygen atoms in total. The van der Waals surface area contributed by atoms with Gasteiger partial charge in [0.25, 0.3) is 10.1 Å². The van der Waals surface area contributed by atoms with Crippen LogP contribution < -0.4 is 5.73 Å².